The van der Waals surface area contributed by atoms with Crippen molar-refractivity contribution in [3.63, 3.8) is 0 Å². The molecule has 0 saturated heterocycles. The average molecular weight is 287 g/mol. The molecule has 0 saturated carbocycles. The number of aliphatic carboxylic acids is 1. The SMILES string of the molecule is Cc1noc(NC(=O)c2ccc(C)c(/C=C/C(=O)O)c2)n1. The third-order valence-corrected chi connectivity index (χ3v) is 2.69. The molecule has 2 aromatic rings. The van der Waals surface area contributed by atoms with Gasteiger partial charge in [-0.25, -0.2) is 4.79 Å². The van der Waals surface area contributed by atoms with Crippen LogP contribution in [0.1, 0.15) is 27.3 Å². The lowest BCUT2D eigenvalue weighted by Gasteiger charge is -2.04. The van der Waals surface area contributed by atoms with Crippen LogP contribution >= 0.6 is 0 Å². The van der Waals surface area contributed by atoms with Crippen LogP contribution in [0.3, 0.4) is 0 Å². The third-order valence-electron chi connectivity index (χ3n) is 2.69. The molecule has 1 aromatic heterocycles. The van der Waals surface area contributed by atoms with E-state index in [0.717, 1.165) is 11.6 Å². The smallest absolute Gasteiger partial charge is 0.328 e. The van der Waals surface area contributed by atoms with Gasteiger partial charge in [0.1, 0.15) is 0 Å². The summed E-state index contributed by atoms with van der Waals surface area (Å²) in [7, 11) is 0. The van der Waals surface area contributed by atoms with E-state index in [1.165, 1.54) is 6.08 Å². The number of aromatic nitrogens is 2. The van der Waals surface area contributed by atoms with Gasteiger partial charge < -0.3 is 9.63 Å². The van der Waals surface area contributed by atoms with E-state index in [0.29, 0.717) is 17.0 Å². The van der Waals surface area contributed by atoms with Gasteiger partial charge in [-0.2, -0.15) is 4.98 Å². The van der Waals surface area contributed by atoms with Crippen molar-refractivity contribution in [3.8, 4) is 0 Å². The lowest BCUT2D eigenvalue weighted by atomic mass is 10.0. The van der Waals surface area contributed by atoms with Gasteiger partial charge in [-0.05, 0) is 43.2 Å². The average Bonchev–Trinajstić information content (AvgIpc) is 2.83. The van der Waals surface area contributed by atoms with Gasteiger partial charge in [0.05, 0.1) is 0 Å². The fraction of sp³-hybridized carbons (Fsp3) is 0.143. The Morgan fingerprint density at radius 3 is 2.71 bits per heavy atom. The highest BCUT2D eigenvalue weighted by Gasteiger charge is 2.11. The van der Waals surface area contributed by atoms with Crippen molar-refractivity contribution in [3.05, 3.63) is 46.8 Å². The van der Waals surface area contributed by atoms with Crippen molar-refractivity contribution < 1.29 is 19.2 Å². The van der Waals surface area contributed by atoms with Crippen LogP contribution < -0.4 is 5.32 Å². The summed E-state index contributed by atoms with van der Waals surface area (Å²) in [6.07, 6.45) is 2.46. The van der Waals surface area contributed by atoms with Gasteiger partial charge in [-0.15, -0.1) is 0 Å². The summed E-state index contributed by atoms with van der Waals surface area (Å²) in [6.45, 7) is 3.46. The van der Waals surface area contributed by atoms with Gasteiger partial charge in [-0.1, -0.05) is 11.2 Å². The molecule has 1 aromatic carbocycles. The standard InChI is InChI=1S/C14H13N3O4/c1-8-3-4-11(7-10(8)5-6-12(18)19)13(20)16-14-15-9(2)17-21-14/h3-7H,1-2H3,(H,18,19)(H,15,16,17,20)/b6-5+. The minimum atomic E-state index is -1.05. The molecular formula is C14H13N3O4. The summed E-state index contributed by atoms with van der Waals surface area (Å²) in [5, 5.41) is 14.7. The maximum Gasteiger partial charge on any atom is 0.328 e. The predicted molar refractivity (Wildman–Crippen MR) is 74.8 cm³/mol. The Morgan fingerprint density at radius 1 is 1.33 bits per heavy atom. The van der Waals surface area contributed by atoms with E-state index < -0.39 is 11.9 Å². The number of hydrogen-bond donors (Lipinski definition) is 2. The Labute approximate surface area is 120 Å². The number of carbonyl (C=O) groups is 2. The van der Waals surface area contributed by atoms with Gasteiger partial charge in [0.2, 0.25) is 0 Å². The predicted octanol–water partition coefficient (Wildman–Crippen LogP) is 2.04. The summed E-state index contributed by atoms with van der Waals surface area (Å²) in [4.78, 5) is 26.5. The summed E-state index contributed by atoms with van der Waals surface area (Å²) in [6, 6.07) is 4.97. The van der Waals surface area contributed by atoms with Crippen LogP contribution in [0.5, 0.6) is 0 Å². The second-order valence-corrected chi connectivity index (χ2v) is 4.34. The van der Waals surface area contributed by atoms with E-state index in [9.17, 15) is 9.59 Å². The normalized spacial score (nSPS) is 10.8. The Hall–Kier alpha value is -2.96. The Bertz CT molecular complexity index is 719. The van der Waals surface area contributed by atoms with Crippen LogP contribution in [0.15, 0.2) is 28.8 Å². The van der Waals surface area contributed by atoms with Gasteiger partial charge in [0.15, 0.2) is 5.82 Å². The quantitative estimate of drug-likeness (QED) is 0.833. The van der Waals surface area contributed by atoms with Crippen molar-refractivity contribution >= 4 is 24.0 Å². The van der Waals surface area contributed by atoms with E-state index >= 15 is 0 Å². The molecule has 2 N–H and O–H groups in total. The molecule has 0 aliphatic heterocycles. The number of aryl methyl sites for hydroxylation is 2. The molecule has 0 aliphatic carbocycles. The fourth-order valence-corrected chi connectivity index (χ4v) is 1.64. The number of carboxylic acids is 1. The molecule has 0 bridgehead atoms. The van der Waals surface area contributed by atoms with Crippen molar-refractivity contribution in [2.24, 2.45) is 0 Å². The first-order valence-corrected chi connectivity index (χ1v) is 6.09. The monoisotopic (exact) mass is 287 g/mol. The number of carboxylic acid groups (broad SMARTS) is 1. The number of rotatable bonds is 4. The van der Waals surface area contributed by atoms with E-state index in [4.69, 9.17) is 9.63 Å². The van der Waals surface area contributed by atoms with Crippen LogP contribution in [0.25, 0.3) is 6.08 Å². The van der Waals surface area contributed by atoms with Crippen LogP contribution in [-0.2, 0) is 4.79 Å². The second kappa shape index (κ2) is 6.00. The third kappa shape index (κ3) is 3.75. The van der Waals surface area contributed by atoms with Crippen molar-refractivity contribution in [1.82, 2.24) is 10.1 Å². The topological polar surface area (TPSA) is 105 Å². The zero-order valence-electron chi connectivity index (χ0n) is 11.5. The molecule has 0 aliphatic rings. The highest BCUT2D eigenvalue weighted by Crippen LogP contribution is 2.14. The second-order valence-electron chi connectivity index (χ2n) is 4.34. The molecule has 21 heavy (non-hydrogen) atoms. The Kier molecular flexibility index (Phi) is 4.13. The molecule has 7 heteroatoms. The van der Waals surface area contributed by atoms with Gasteiger partial charge >= 0.3 is 12.0 Å². The number of anilines is 1. The first kappa shape index (κ1) is 14.4. The maximum atomic E-state index is 12.0. The minimum absolute atomic E-state index is 0.0145. The highest BCUT2D eigenvalue weighted by atomic mass is 16.5. The molecule has 2 rings (SSSR count). The maximum absolute atomic E-state index is 12.0. The fourth-order valence-electron chi connectivity index (χ4n) is 1.64. The lowest BCUT2D eigenvalue weighted by Crippen LogP contribution is -2.12. The van der Waals surface area contributed by atoms with Crippen LogP contribution in [0.2, 0.25) is 0 Å². The summed E-state index contributed by atoms with van der Waals surface area (Å²) >= 11 is 0. The molecule has 0 atom stereocenters. The molecule has 0 unspecified atom stereocenters. The Morgan fingerprint density at radius 2 is 2.10 bits per heavy atom. The number of carbonyl (C=O) groups excluding carboxylic acids is 1. The first-order valence-electron chi connectivity index (χ1n) is 6.09. The summed E-state index contributed by atoms with van der Waals surface area (Å²) in [5.74, 6) is -1.05. The van der Waals surface area contributed by atoms with Crippen LogP contribution in [0, 0.1) is 13.8 Å². The zero-order valence-corrected chi connectivity index (χ0v) is 11.5. The zero-order chi connectivity index (χ0) is 15.4. The summed E-state index contributed by atoms with van der Waals surface area (Å²) in [5.41, 5.74) is 1.87. The van der Waals surface area contributed by atoms with E-state index in [-0.39, 0.29) is 6.01 Å². The van der Waals surface area contributed by atoms with Gasteiger partial charge in [-0.3, -0.25) is 10.1 Å². The van der Waals surface area contributed by atoms with E-state index in [1.807, 2.05) is 6.92 Å². The van der Waals surface area contributed by atoms with Crippen LogP contribution in [-0.4, -0.2) is 27.1 Å². The number of amides is 1. The largest absolute Gasteiger partial charge is 0.478 e. The number of nitrogens with zero attached hydrogens (tertiary/aromatic N) is 2. The molecular weight excluding hydrogens is 274 g/mol. The van der Waals surface area contributed by atoms with Gasteiger partial charge in [0.25, 0.3) is 5.91 Å². The van der Waals surface area contributed by atoms with Crippen molar-refractivity contribution in [1.29, 1.82) is 0 Å². The molecule has 0 radical (unpaired) electrons. The minimum Gasteiger partial charge on any atom is -0.478 e. The van der Waals surface area contributed by atoms with Crippen molar-refractivity contribution in [2.45, 2.75) is 13.8 Å². The molecule has 1 amide bonds. The molecule has 7 nitrogen and oxygen atoms in total. The van der Waals surface area contributed by atoms with E-state index in [2.05, 4.69) is 15.5 Å². The van der Waals surface area contributed by atoms with Crippen molar-refractivity contribution in [2.75, 3.05) is 5.32 Å². The lowest BCUT2D eigenvalue weighted by molar-refractivity contribution is -0.131. The van der Waals surface area contributed by atoms with Crippen LogP contribution in [0.4, 0.5) is 6.01 Å². The number of hydrogen-bond acceptors (Lipinski definition) is 5. The Balaban J connectivity index is 2.21. The number of nitrogens with one attached hydrogen (secondary N) is 1. The molecule has 108 valence electrons. The number of benzene rings is 1. The first-order chi connectivity index (χ1) is 9.95. The van der Waals surface area contributed by atoms with E-state index in [1.54, 1.807) is 25.1 Å². The highest BCUT2D eigenvalue weighted by molar-refractivity contribution is 6.03. The molecule has 0 fully saturated rings. The summed E-state index contributed by atoms with van der Waals surface area (Å²) < 4.78 is 4.80. The molecule has 0 spiro atoms. The van der Waals surface area contributed by atoms with Gasteiger partial charge in [0, 0.05) is 11.6 Å². The molecule has 1 heterocycles.